The Kier molecular flexibility index (Phi) is 7.87. The van der Waals surface area contributed by atoms with E-state index in [-0.39, 0.29) is 17.7 Å². The maximum absolute atomic E-state index is 13.7. The van der Waals surface area contributed by atoms with Gasteiger partial charge in [-0.1, -0.05) is 6.92 Å². The summed E-state index contributed by atoms with van der Waals surface area (Å²) in [7, 11) is 1.65. The number of ether oxygens (including phenoxy) is 1. The van der Waals surface area contributed by atoms with E-state index in [2.05, 4.69) is 37.8 Å². The predicted molar refractivity (Wildman–Crippen MR) is 143 cm³/mol. The number of methoxy groups -OCH3 is 1. The van der Waals surface area contributed by atoms with E-state index < -0.39 is 6.04 Å². The van der Waals surface area contributed by atoms with Crippen molar-refractivity contribution >= 4 is 17.5 Å². The first-order valence-corrected chi connectivity index (χ1v) is 13.6. The number of rotatable bonds is 13. The fraction of sp³-hybridized carbons (Fsp3) is 0.536. The molecule has 2 saturated carbocycles. The van der Waals surface area contributed by atoms with Crippen LogP contribution in [0.2, 0.25) is 0 Å². The Hall–Kier alpha value is -3.53. The van der Waals surface area contributed by atoms with Crippen LogP contribution in [0.5, 0.6) is 0 Å². The summed E-state index contributed by atoms with van der Waals surface area (Å²) in [6, 6.07) is 4.84. The minimum absolute atomic E-state index is 0.136. The number of hydrogen-bond acceptors (Lipinski definition) is 6. The summed E-state index contributed by atoms with van der Waals surface area (Å²) in [6.45, 7) is 5.20. The van der Waals surface area contributed by atoms with Crippen LogP contribution in [0.15, 0.2) is 30.6 Å². The van der Waals surface area contributed by atoms with Gasteiger partial charge in [-0.15, -0.1) is 0 Å². The van der Waals surface area contributed by atoms with E-state index in [1.54, 1.807) is 30.3 Å². The summed E-state index contributed by atoms with van der Waals surface area (Å²) in [4.78, 5) is 31.7. The maximum Gasteiger partial charge on any atom is 0.270 e. The number of nitrogens with zero attached hydrogens (tertiary/aromatic N) is 4. The molecule has 3 heterocycles. The first-order chi connectivity index (χ1) is 18.5. The highest BCUT2D eigenvalue weighted by Gasteiger charge is 2.48. The van der Waals surface area contributed by atoms with E-state index in [4.69, 9.17) is 4.74 Å². The first kappa shape index (κ1) is 26.1. The van der Waals surface area contributed by atoms with E-state index >= 15 is 0 Å². The lowest BCUT2D eigenvalue weighted by molar-refractivity contribution is -0.119. The third-order valence-corrected chi connectivity index (χ3v) is 7.60. The van der Waals surface area contributed by atoms with Gasteiger partial charge < -0.3 is 15.4 Å². The van der Waals surface area contributed by atoms with Crippen LogP contribution in [-0.4, -0.2) is 56.5 Å². The van der Waals surface area contributed by atoms with Gasteiger partial charge in [0, 0.05) is 37.7 Å². The van der Waals surface area contributed by atoms with Gasteiger partial charge in [0.1, 0.15) is 11.7 Å². The number of hydrogen-bond donors (Lipinski definition) is 3. The van der Waals surface area contributed by atoms with Crippen molar-refractivity contribution in [3.05, 3.63) is 47.7 Å². The Morgan fingerprint density at radius 1 is 1.18 bits per heavy atom. The Bertz CT molecular complexity index is 1250. The first-order valence-electron chi connectivity index (χ1n) is 13.6. The number of aromatic nitrogens is 5. The second-order valence-electron chi connectivity index (χ2n) is 10.4. The maximum atomic E-state index is 13.7. The molecule has 0 aliphatic heterocycles. The largest absolute Gasteiger partial charge is 0.385 e. The quantitative estimate of drug-likeness (QED) is 0.295. The molecule has 0 radical (unpaired) electrons. The van der Waals surface area contributed by atoms with E-state index in [0.29, 0.717) is 36.4 Å². The summed E-state index contributed by atoms with van der Waals surface area (Å²) in [5, 5.41) is 17.8. The normalized spacial score (nSPS) is 16.0. The number of nitrogens with one attached hydrogen (secondary N) is 3. The standard InChI is InChI=1S/C28H37N7O3/c1-4-21-24(17(2)33-34-21)22-11-10-20(16-29-22)31-28(37)26(25(18-6-7-18)19-8-9-19)32-27(36)23-12-13-30-35(23)14-5-15-38-3/h10-13,16,18-19,25-26H,4-9,14-15H2,1-3H3,(H,31,37)(H,32,36)(H,33,34). The third-order valence-electron chi connectivity index (χ3n) is 7.60. The van der Waals surface area contributed by atoms with Gasteiger partial charge in [-0.3, -0.25) is 24.4 Å². The summed E-state index contributed by atoms with van der Waals surface area (Å²) in [5.41, 5.74) is 4.80. The average molecular weight is 520 g/mol. The van der Waals surface area contributed by atoms with Crippen LogP contribution in [0.3, 0.4) is 0 Å². The molecule has 2 amide bonds. The number of anilines is 1. The van der Waals surface area contributed by atoms with E-state index in [1.165, 1.54) is 0 Å². The monoisotopic (exact) mass is 519 g/mol. The summed E-state index contributed by atoms with van der Waals surface area (Å²) < 4.78 is 6.81. The molecule has 1 unspecified atom stereocenters. The average Bonchev–Trinajstić information content (AvgIpc) is 3.85. The molecule has 3 N–H and O–H groups in total. The molecule has 2 aliphatic carbocycles. The van der Waals surface area contributed by atoms with Crippen molar-refractivity contribution in [2.45, 2.75) is 65.0 Å². The van der Waals surface area contributed by atoms with Gasteiger partial charge >= 0.3 is 0 Å². The molecule has 3 aromatic heterocycles. The number of pyridine rings is 1. The summed E-state index contributed by atoms with van der Waals surface area (Å²) in [5.74, 6) is 0.611. The topological polar surface area (TPSA) is 127 Å². The lowest BCUT2D eigenvalue weighted by Crippen LogP contribution is -2.50. The van der Waals surface area contributed by atoms with Gasteiger partial charge in [-0.05, 0) is 81.4 Å². The summed E-state index contributed by atoms with van der Waals surface area (Å²) >= 11 is 0. The van der Waals surface area contributed by atoms with Crippen molar-refractivity contribution in [3.63, 3.8) is 0 Å². The van der Waals surface area contributed by atoms with Crippen LogP contribution < -0.4 is 10.6 Å². The Morgan fingerprint density at radius 2 is 1.95 bits per heavy atom. The highest BCUT2D eigenvalue weighted by molar-refractivity contribution is 6.00. The van der Waals surface area contributed by atoms with Gasteiger partial charge in [-0.25, -0.2) is 0 Å². The zero-order chi connectivity index (χ0) is 26.6. The number of aryl methyl sites for hydroxylation is 3. The molecule has 0 saturated heterocycles. The fourth-order valence-electron chi connectivity index (χ4n) is 5.42. The summed E-state index contributed by atoms with van der Waals surface area (Å²) in [6.07, 6.45) is 9.27. The number of carbonyl (C=O) groups excluding carboxylic acids is 2. The molecule has 0 spiro atoms. The van der Waals surface area contributed by atoms with Crippen LogP contribution in [0.4, 0.5) is 5.69 Å². The second-order valence-corrected chi connectivity index (χ2v) is 10.4. The van der Waals surface area contributed by atoms with Gasteiger partial charge in [-0.2, -0.15) is 10.2 Å². The Balaban J connectivity index is 1.33. The smallest absolute Gasteiger partial charge is 0.270 e. The van der Waals surface area contributed by atoms with E-state index in [0.717, 1.165) is 61.2 Å². The molecule has 10 heteroatoms. The number of H-pyrrole nitrogens is 1. The molecule has 38 heavy (non-hydrogen) atoms. The van der Waals surface area contributed by atoms with Crippen LogP contribution >= 0.6 is 0 Å². The molecular weight excluding hydrogens is 482 g/mol. The molecule has 0 bridgehead atoms. The van der Waals surface area contributed by atoms with E-state index in [1.807, 2.05) is 19.1 Å². The van der Waals surface area contributed by atoms with Gasteiger partial charge in [0.15, 0.2) is 0 Å². The van der Waals surface area contributed by atoms with Crippen molar-refractivity contribution in [1.29, 1.82) is 0 Å². The van der Waals surface area contributed by atoms with Crippen molar-refractivity contribution < 1.29 is 14.3 Å². The number of aromatic amines is 1. The number of carbonyl (C=O) groups is 2. The SMILES string of the molecule is CCc1n[nH]c(C)c1-c1ccc(NC(=O)C(NC(=O)c2ccnn2CCCOC)C(C2CC2)C2CC2)cn1. The molecule has 202 valence electrons. The number of amides is 2. The molecule has 2 fully saturated rings. The molecule has 3 aromatic rings. The third kappa shape index (κ3) is 5.80. The van der Waals surface area contributed by atoms with Crippen molar-refractivity contribution in [3.8, 4) is 11.3 Å². The minimum Gasteiger partial charge on any atom is -0.385 e. The predicted octanol–water partition coefficient (Wildman–Crippen LogP) is 3.75. The minimum atomic E-state index is -0.618. The van der Waals surface area contributed by atoms with Crippen LogP contribution in [0.1, 0.15) is 60.9 Å². The van der Waals surface area contributed by atoms with Crippen LogP contribution in [0.25, 0.3) is 11.3 Å². The zero-order valence-electron chi connectivity index (χ0n) is 22.4. The van der Waals surface area contributed by atoms with Gasteiger partial charge in [0.25, 0.3) is 5.91 Å². The molecule has 5 rings (SSSR count). The lowest BCUT2D eigenvalue weighted by Gasteiger charge is -2.27. The van der Waals surface area contributed by atoms with E-state index in [9.17, 15) is 9.59 Å². The molecule has 0 aromatic carbocycles. The van der Waals surface area contributed by atoms with Crippen molar-refractivity contribution in [2.75, 3.05) is 19.0 Å². The van der Waals surface area contributed by atoms with Gasteiger partial charge in [0.05, 0.1) is 23.3 Å². The second kappa shape index (κ2) is 11.5. The Labute approximate surface area is 222 Å². The zero-order valence-corrected chi connectivity index (χ0v) is 22.4. The molecule has 10 nitrogen and oxygen atoms in total. The lowest BCUT2D eigenvalue weighted by atomic mass is 9.88. The van der Waals surface area contributed by atoms with Crippen LogP contribution in [-0.2, 0) is 22.5 Å². The Morgan fingerprint density at radius 3 is 2.58 bits per heavy atom. The van der Waals surface area contributed by atoms with Crippen molar-refractivity contribution in [2.24, 2.45) is 17.8 Å². The van der Waals surface area contributed by atoms with Crippen molar-refractivity contribution in [1.82, 2.24) is 30.3 Å². The van der Waals surface area contributed by atoms with Gasteiger partial charge in [0.2, 0.25) is 5.91 Å². The highest BCUT2D eigenvalue weighted by atomic mass is 16.5. The molecule has 1 atom stereocenters. The highest BCUT2D eigenvalue weighted by Crippen LogP contribution is 2.51. The molecule has 2 aliphatic rings. The fourth-order valence-corrected chi connectivity index (χ4v) is 5.42. The van der Waals surface area contributed by atoms with Crippen LogP contribution in [0, 0.1) is 24.7 Å². The molecular formula is C28H37N7O3.